The van der Waals surface area contributed by atoms with Crippen molar-refractivity contribution in [1.82, 2.24) is 20.0 Å². The molecule has 0 bridgehead atoms. The highest BCUT2D eigenvalue weighted by molar-refractivity contribution is 7.09. The monoisotopic (exact) mass is 382 g/mol. The number of aromatic nitrogens is 2. The summed E-state index contributed by atoms with van der Waals surface area (Å²) in [6.07, 6.45) is 2.01. The van der Waals surface area contributed by atoms with E-state index in [4.69, 9.17) is 0 Å². The minimum Gasteiger partial charge on any atom is -0.347 e. The Hall–Kier alpha value is -2.64. The standard InChI is InChI=1S/C20H22N4O2S/c25-19-12-18(22-24(19)16-7-2-1-3-8-16)20(26)21-15-6-4-10-23(13-15)14-17-9-5-11-27-17/h1-3,5,7-9,11-12,15,22H,4,6,10,13-14H2,(H,21,26)/t15-/m1/s1. The summed E-state index contributed by atoms with van der Waals surface area (Å²) in [5.74, 6) is -0.232. The highest BCUT2D eigenvalue weighted by Crippen LogP contribution is 2.17. The summed E-state index contributed by atoms with van der Waals surface area (Å²) in [6, 6.07) is 14.9. The van der Waals surface area contributed by atoms with Crippen molar-refractivity contribution >= 4 is 17.2 Å². The molecule has 1 aliphatic rings. The van der Waals surface area contributed by atoms with Crippen molar-refractivity contribution in [2.75, 3.05) is 13.1 Å². The number of aromatic amines is 1. The molecule has 0 aliphatic carbocycles. The van der Waals surface area contributed by atoms with Crippen LogP contribution in [0.2, 0.25) is 0 Å². The maximum atomic E-state index is 12.6. The zero-order chi connectivity index (χ0) is 18.6. The van der Waals surface area contributed by atoms with Gasteiger partial charge in [0, 0.05) is 30.1 Å². The molecule has 4 rings (SSSR count). The molecule has 0 saturated carbocycles. The molecule has 1 aromatic carbocycles. The van der Waals surface area contributed by atoms with Crippen LogP contribution in [0.15, 0.2) is 58.7 Å². The number of benzene rings is 1. The summed E-state index contributed by atoms with van der Waals surface area (Å²) < 4.78 is 1.39. The van der Waals surface area contributed by atoms with Gasteiger partial charge in [0.15, 0.2) is 0 Å². The lowest BCUT2D eigenvalue weighted by molar-refractivity contribution is 0.0895. The van der Waals surface area contributed by atoms with Crippen molar-refractivity contribution in [3.63, 3.8) is 0 Å². The number of para-hydroxylation sites is 1. The SMILES string of the molecule is O=C(N[C@@H]1CCCN(Cc2cccs2)C1)c1cc(=O)n(-c2ccccc2)[nH]1. The van der Waals surface area contributed by atoms with Gasteiger partial charge in [0.2, 0.25) is 0 Å². The Balaban J connectivity index is 1.41. The molecule has 2 aromatic heterocycles. The molecule has 3 heterocycles. The van der Waals surface area contributed by atoms with E-state index in [1.54, 1.807) is 11.3 Å². The molecule has 3 aromatic rings. The first-order chi connectivity index (χ1) is 13.2. The summed E-state index contributed by atoms with van der Waals surface area (Å²) in [4.78, 5) is 28.5. The minimum atomic E-state index is -0.241. The first kappa shape index (κ1) is 17.8. The normalized spacial score (nSPS) is 17.7. The molecule has 1 fully saturated rings. The maximum absolute atomic E-state index is 12.6. The summed E-state index contributed by atoms with van der Waals surface area (Å²) in [5.41, 5.74) is 0.759. The number of carbonyl (C=O) groups is 1. The van der Waals surface area contributed by atoms with E-state index in [9.17, 15) is 9.59 Å². The lowest BCUT2D eigenvalue weighted by Crippen LogP contribution is -2.47. The second kappa shape index (κ2) is 7.94. The topological polar surface area (TPSA) is 70.1 Å². The Morgan fingerprint density at radius 3 is 2.85 bits per heavy atom. The number of amides is 1. The predicted octanol–water partition coefficient (Wildman–Crippen LogP) is 2.62. The van der Waals surface area contributed by atoms with Crippen LogP contribution >= 0.6 is 11.3 Å². The van der Waals surface area contributed by atoms with Crippen LogP contribution in [0.4, 0.5) is 0 Å². The highest BCUT2D eigenvalue weighted by atomic mass is 32.1. The van der Waals surface area contributed by atoms with Gasteiger partial charge in [-0.1, -0.05) is 24.3 Å². The number of piperidine rings is 1. The lowest BCUT2D eigenvalue weighted by atomic mass is 10.1. The number of thiophene rings is 1. The zero-order valence-corrected chi connectivity index (χ0v) is 15.7. The van der Waals surface area contributed by atoms with Crippen LogP contribution in [0.25, 0.3) is 5.69 Å². The van der Waals surface area contributed by atoms with E-state index in [-0.39, 0.29) is 17.5 Å². The van der Waals surface area contributed by atoms with Crippen LogP contribution in [-0.4, -0.2) is 39.7 Å². The first-order valence-corrected chi connectivity index (χ1v) is 10.00. The third-order valence-corrected chi connectivity index (χ3v) is 5.64. The molecule has 27 heavy (non-hydrogen) atoms. The summed E-state index contributed by atoms with van der Waals surface area (Å²) in [7, 11) is 0. The molecule has 0 unspecified atom stereocenters. The molecule has 7 heteroatoms. The zero-order valence-electron chi connectivity index (χ0n) is 14.9. The van der Waals surface area contributed by atoms with Crippen molar-refractivity contribution < 1.29 is 4.79 Å². The number of likely N-dealkylation sites (tertiary alicyclic amines) is 1. The lowest BCUT2D eigenvalue weighted by Gasteiger charge is -2.32. The number of H-pyrrole nitrogens is 1. The van der Waals surface area contributed by atoms with Crippen molar-refractivity contribution in [1.29, 1.82) is 0 Å². The number of hydrogen-bond acceptors (Lipinski definition) is 4. The molecule has 1 aliphatic heterocycles. The molecular weight excluding hydrogens is 360 g/mol. The van der Waals surface area contributed by atoms with Gasteiger partial charge in [-0.2, -0.15) is 0 Å². The van der Waals surface area contributed by atoms with Crippen molar-refractivity contribution in [3.8, 4) is 5.69 Å². The van der Waals surface area contributed by atoms with Crippen LogP contribution in [0, 0.1) is 0 Å². The summed E-state index contributed by atoms with van der Waals surface area (Å²) >= 11 is 1.76. The molecular formula is C20H22N4O2S. The molecule has 0 radical (unpaired) electrons. The Morgan fingerprint density at radius 2 is 2.07 bits per heavy atom. The predicted molar refractivity (Wildman–Crippen MR) is 106 cm³/mol. The van der Waals surface area contributed by atoms with Crippen LogP contribution in [-0.2, 0) is 6.54 Å². The van der Waals surface area contributed by atoms with Gasteiger partial charge in [-0.15, -0.1) is 11.3 Å². The second-order valence-electron chi connectivity index (χ2n) is 6.81. The number of nitrogens with one attached hydrogen (secondary N) is 2. The van der Waals surface area contributed by atoms with Gasteiger partial charge in [-0.3, -0.25) is 19.6 Å². The van der Waals surface area contributed by atoms with Gasteiger partial charge in [0.25, 0.3) is 11.5 Å². The van der Waals surface area contributed by atoms with E-state index in [1.165, 1.54) is 15.6 Å². The Labute approximate surface area is 161 Å². The Bertz CT molecular complexity index is 946. The largest absolute Gasteiger partial charge is 0.347 e. The summed E-state index contributed by atoms with van der Waals surface area (Å²) in [5, 5.41) is 8.08. The van der Waals surface area contributed by atoms with E-state index in [0.29, 0.717) is 11.4 Å². The average molecular weight is 382 g/mol. The van der Waals surface area contributed by atoms with Gasteiger partial charge in [0.05, 0.1) is 5.69 Å². The van der Waals surface area contributed by atoms with E-state index in [0.717, 1.165) is 32.5 Å². The maximum Gasteiger partial charge on any atom is 0.271 e. The smallest absolute Gasteiger partial charge is 0.271 e. The van der Waals surface area contributed by atoms with Gasteiger partial charge >= 0.3 is 0 Å². The third kappa shape index (κ3) is 4.20. The van der Waals surface area contributed by atoms with Gasteiger partial charge in [0.1, 0.15) is 5.69 Å². The molecule has 140 valence electrons. The molecule has 2 N–H and O–H groups in total. The molecule has 1 amide bonds. The van der Waals surface area contributed by atoms with Crippen LogP contribution in [0.1, 0.15) is 28.2 Å². The van der Waals surface area contributed by atoms with E-state index < -0.39 is 0 Å². The van der Waals surface area contributed by atoms with Gasteiger partial charge < -0.3 is 5.32 Å². The fraction of sp³-hybridized carbons (Fsp3) is 0.300. The molecule has 1 saturated heterocycles. The number of rotatable bonds is 5. The van der Waals surface area contributed by atoms with Crippen molar-refractivity contribution in [2.45, 2.75) is 25.4 Å². The second-order valence-corrected chi connectivity index (χ2v) is 7.84. The third-order valence-electron chi connectivity index (χ3n) is 4.78. The van der Waals surface area contributed by atoms with Crippen LogP contribution < -0.4 is 10.9 Å². The van der Waals surface area contributed by atoms with Crippen molar-refractivity contribution in [3.05, 3.63) is 74.8 Å². The molecule has 6 nitrogen and oxygen atoms in total. The highest BCUT2D eigenvalue weighted by Gasteiger charge is 2.23. The van der Waals surface area contributed by atoms with Gasteiger partial charge in [-0.25, -0.2) is 4.68 Å². The Morgan fingerprint density at radius 1 is 1.22 bits per heavy atom. The summed E-state index contributed by atoms with van der Waals surface area (Å²) in [6.45, 7) is 2.80. The molecule has 0 spiro atoms. The molecule has 1 atom stereocenters. The van der Waals surface area contributed by atoms with Crippen molar-refractivity contribution in [2.24, 2.45) is 0 Å². The number of hydrogen-bond donors (Lipinski definition) is 2. The van der Waals surface area contributed by atoms with E-state index in [2.05, 4.69) is 32.8 Å². The quantitative estimate of drug-likeness (QED) is 0.713. The first-order valence-electron chi connectivity index (χ1n) is 9.12. The number of nitrogens with zero attached hydrogens (tertiary/aromatic N) is 2. The van der Waals surface area contributed by atoms with Crippen LogP contribution in [0.3, 0.4) is 0 Å². The van der Waals surface area contributed by atoms with E-state index in [1.807, 2.05) is 30.3 Å². The Kier molecular flexibility index (Phi) is 5.22. The fourth-order valence-electron chi connectivity index (χ4n) is 3.48. The van der Waals surface area contributed by atoms with E-state index >= 15 is 0 Å². The van der Waals surface area contributed by atoms with Gasteiger partial charge in [-0.05, 0) is 43.0 Å². The number of carbonyl (C=O) groups excluding carboxylic acids is 1. The van der Waals surface area contributed by atoms with Crippen LogP contribution in [0.5, 0.6) is 0 Å². The minimum absolute atomic E-state index is 0.0924. The fourth-order valence-corrected chi connectivity index (χ4v) is 4.23. The average Bonchev–Trinajstić information content (AvgIpc) is 3.32.